The number of aliphatic carboxylic acids is 1. The molecule has 0 unspecified atom stereocenters. The number of aromatic amines is 1. The number of hydrogen-bond donors (Lipinski definition) is 4. The molecule has 6 rings (SSSR count). The number of pyridine rings is 1. The number of guanidine groups is 1. The fourth-order valence-corrected chi connectivity index (χ4v) is 4.08. The molecule has 2 aromatic heterocycles. The van der Waals surface area contributed by atoms with Gasteiger partial charge >= 0.3 is 12.1 Å². The summed E-state index contributed by atoms with van der Waals surface area (Å²) >= 11 is 0. The van der Waals surface area contributed by atoms with Gasteiger partial charge in [0.1, 0.15) is 11.3 Å². The molecule has 33 heavy (non-hydrogen) atoms. The van der Waals surface area contributed by atoms with E-state index in [1.54, 1.807) is 12.3 Å². The Balaban J connectivity index is 0.000000337. The normalized spacial score (nSPS) is 25.1. The van der Waals surface area contributed by atoms with E-state index < -0.39 is 12.1 Å². The van der Waals surface area contributed by atoms with Crippen molar-refractivity contribution in [1.29, 1.82) is 0 Å². The average molecular weight is 487 g/mol. The Morgan fingerprint density at radius 2 is 2.00 bits per heavy atom. The fourth-order valence-electron chi connectivity index (χ4n) is 4.08. The lowest BCUT2D eigenvalue weighted by Crippen LogP contribution is -2.58. The summed E-state index contributed by atoms with van der Waals surface area (Å²) in [4.78, 5) is 35.5. The number of halogens is 4. The van der Waals surface area contributed by atoms with E-state index in [1.807, 2.05) is 18.3 Å². The molecule has 0 aromatic carbocycles. The molecular weight excluding hydrogens is 465 g/mol. The third-order valence-electron chi connectivity index (χ3n) is 5.69. The lowest BCUT2D eigenvalue weighted by atomic mass is 9.84. The molecule has 3 saturated heterocycles. The van der Waals surface area contributed by atoms with Crippen LogP contribution in [-0.4, -0.2) is 69.7 Å². The van der Waals surface area contributed by atoms with Crippen molar-refractivity contribution in [3.8, 4) is 0 Å². The van der Waals surface area contributed by atoms with E-state index in [2.05, 4.69) is 30.5 Å². The first-order valence-corrected chi connectivity index (χ1v) is 10.0. The molecule has 3 fully saturated rings. The summed E-state index contributed by atoms with van der Waals surface area (Å²) in [5, 5.41) is 14.4. The Kier molecular flexibility index (Phi) is 7.28. The van der Waals surface area contributed by atoms with Crippen LogP contribution < -0.4 is 10.6 Å². The zero-order valence-corrected chi connectivity index (χ0v) is 18.0. The van der Waals surface area contributed by atoms with Crippen molar-refractivity contribution in [2.75, 3.05) is 19.6 Å². The van der Waals surface area contributed by atoms with Crippen LogP contribution in [0.15, 0.2) is 35.2 Å². The summed E-state index contributed by atoms with van der Waals surface area (Å²) in [5.41, 5.74) is 2.15. The minimum atomic E-state index is -5.08. The molecule has 4 N–H and O–H groups in total. The highest BCUT2D eigenvalue weighted by molar-refractivity contribution is 6.14. The average Bonchev–Trinajstić information content (AvgIpc) is 3.32. The molecule has 4 aliphatic heterocycles. The molecule has 0 aliphatic carbocycles. The van der Waals surface area contributed by atoms with Gasteiger partial charge in [-0.25, -0.2) is 14.8 Å². The number of rotatable bonds is 2. The second-order valence-corrected chi connectivity index (χ2v) is 7.78. The number of alkyl halides is 3. The van der Waals surface area contributed by atoms with Crippen LogP contribution in [0.3, 0.4) is 0 Å². The first-order valence-electron chi connectivity index (χ1n) is 10.0. The molecule has 9 nitrogen and oxygen atoms in total. The van der Waals surface area contributed by atoms with Crippen molar-refractivity contribution in [3.63, 3.8) is 0 Å². The number of carboxylic acid groups (broad SMARTS) is 1. The van der Waals surface area contributed by atoms with Crippen LogP contribution in [-0.2, 0) is 9.59 Å². The van der Waals surface area contributed by atoms with Crippen LogP contribution in [0.2, 0.25) is 0 Å². The Morgan fingerprint density at radius 1 is 1.30 bits per heavy atom. The van der Waals surface area contributed by atoms with Gasteiger partial charge in [-0.05, 0) is 50.1 Å². The molecule has 2 bridgehead atoms. The van der Waals surface area contributed by atoms with Gasteiger partial charge in [-0.2, -0.15) is 13.2 Å². The van der Waals surface area contributed by atoms with E-state index in [1.165, 1.54) is 25.9 Å². The number of carboxylic acids is 1. The zero-order chi connectivity index (χ0) is 22.9. The number of H-pyrrole nitrogens is 1. The number of hydrogen-bond acceptors (Lipinski definition) is 6. The van der Waals surface area contributed by atoms with Crippen molar-refractivity contribution in [2.45, 2.75) is 25.1 Å². The minimum absolute atomic E-state index is 0. The van der Waals surface area contributed by atoms with Gasteiger partial charge in [-0.15, -0.1) is 12.4 Å². The van der Waals surface area contributed by atoms with Crippen molar-refractivity contribution in [2.24, 2.45) is 10.9 Å². The van der Waals surface area contributed by atoms with Crippen LogP contribution in [0.5, 0.6) is 0 Å². The molecule has 178 valence electrons. The largest absolute Gasteiger partial charge is 0.490 e. The van der Waals surface area contributed by atoms with Crippen molar-refractivity contribution >= 4 is 47.4 Å². The number of nitrogens with one attached hydrogen (secondary N) is 3. The zero-order valence-electron chi connectivity index (χ0n) is 17.2. The monoisotopic (exact) mass is 486 g/mol. The van der Waals surface area contributed by atoms with Crippen LogP contribution in [0.25, 0.3) is 17.1 Å². The van der Waals surface area contributed by atoms with Crippen molar-refractivity contribution in [1.82, 2.24) is 25.5 Å². The number of amides is 1. The van der Waals surface area contributed by atoms with Gasteiger partial charge in [0.15, 0.2) is 0 Å². The van der Waals surface area contributed by atoms with Crippen LogP contribution in [0.4, 0.5) is 13.2 Å². The number of nitrogens with zero attached hydrogens (tertiary/aromatic N) is 3. The van der Waals surface area contributed by atoms with Gasteiger partial charge in [0.2, 0.25) is 5.96 Å². The summed E-state index contributed by atoms with van der Waals surface area (Å²) < 4.78 is 31.7. The van der Waals surface area contributed by atoms with Crippen LogP contribution in [0.1, 0.15) is 18.4 Å². The van der Waals surface area contributed by atoms with Crippen molar-refractivity contribution < 1.29 is 27.9 Å². The first-order chi connectivity index (χ1) is 15.2. The molecule has 6 heterocycles. The number of carbonyl (C=O) groups is 2. The standard InChI is InChI=1S/C18H20N6O.C2HF3O2.ClH/c25-17-14(8-12-9-20-16-13(12)2-1-5-19-16)21-18(23-17)22-15-10-24-6-3-11(15)4-7-24;3-2(4,5)1(6)7;/h1-2,5,8-9,11,15H,3-4,6-7,10H2,(H,19,20)(H2,21,22,23,25);(H,6,7);1H/b14-8-;;/t15-;;/m1../s1. The first kappa shape index (κ1) is 24.5. The van der Waals surface area contributed by atoms with Crippen molar-refractivity contribution in [3.05, 3.63) is 35.8 Å². The highest BCUT2D eigenvalue weighted by Gasteiger charge is 2.38. The van der Waals surface area contributed by atoms with Gasteiger partial charge < -0.3 is 20.3 Å². The van der Waals surface area contributed by atoms with E-state index in [-0.39, 0.29) is 18.3 Å². The smallest absolute Gasteiger partial charge is 0.475 e. The van der Waals surface area contributed by atoms with Gasteiger partial charge in [-0.3, -0.25) is 10.1 Å². The Labute approximate surface area is 192 Å². The number of aliphatic imine (C=N–C) groups is 1. The summed E-state index contributed by atoms with van der Waals surface area (Å²) in [6.45, 7) is 3.43. The third-order valence-corrected chi connectivity index (χ3v) is 5.69. The third kappa shape index (κ3) is 5.63. The maximum Gasteiger partial charge on any atom is 0.490 e. The number of aromatic nitrogens is 2. The van der Waals surface area contributed by atoms with E-state index in [0.717, 1.165) is 23.1 Å². The summed E-state index contributed by atoms with van der Waals surface area (Å²) in [7, 11) is 0. The second-order valence-electron chi connectivity index (χ2n) is 7.78. The highest BCUT2D eigenvalue weighted by atomic mass is 35.5. The molecule has 0 radical (unpaired) electrons. The topological polar surface area (TPSA) is 123 Å². The molecule has 0 spiro atoms. The molecule has 2 aromatic rings. The molecule has 0 saturated carbocycles. The van der Waals surface area contributed by atoms with E-state index >= 15 is 0 Å². The highest BCUT2D eigenvalue weighted by Crippen LogP contribution is 2.28. The maximum atomic E-state index is 12.3. The van der Waals surface area contributed by atoms with Gasteiger partial charge in [0.25, 0.3) is 5.91 Å². The fraction of sp³-hybridized carbons (Fsp3) is 0.400. The summed E-state index contributed by atoms with van der Waals surface area (Å²) in [6.07, 6.45) is 2.77. The lowest BCUT2D eigenvalue weighted by molar-refractivity contribution is -0.192. The van der Waals surface area contributed by atoms with E-state index in [4.69, 9.17) is 9.90 Å². The van der Waals surface area contributed by atoms with Gasteiger partial charge in [0, 0.05) is 35.9 Å². The molecule has 1 atom stereocenters. The maximum absolute atomic E-state index is 12.3. The van der Waals surface area contributed by atoms with Gasteiger partial charge in [-0.1, -0.05) is 0 Å². The lowest BCUT2D eigenvalue weighted by Gasteiger charge is -2.45. The Hall–Kier alpha value is -3.12. The van der Waals surface area contributed by atoms with E-state index in [0.29, 0.717) is 23.6 Å². The second kappa shape index (κ2) is 9.79. The van der Waals surface area contributed by atoms with Crippen LogP contribution in [0, 0.1) is 5.92 Å². The summed E-state index contributed by atoms with van der Waals surface area (Å²) in [6, 6.07) is 4.24. The Morgan fingerprint density at radius 3 is 2.61 bits per heavy atom. The van der Waals surface area contributed by atoms with E-state index in [9.17, 15) is 18.0 Å². The summed E-state index contributed by atoms with van der Waals surface area (Å²) in [5.74, 6) is -1.67. The van der Waals surface area contributed by atoms with Crippen LogP contribution >= 0.6 is 12.4 Å². The molecule has 13 heteroatoms. The number of carbonyl (C=O) groups excluding carboxylic acids is 1. The Bertz CT molecular complexity index is 1090. The predicted octanol–water partition coefficient (Wildman–Crippen LogP) is 2.13. The molecular formula is C20H22ClF3N6O3. The number of piperidine rings is 3. The number of fused-ring (bicyclic) bond motifs is 4. The predicted molar refractivity (Wildman–Crippen MR) is 117 cm³/mol. The SMILES string of the molecule is Cl.O=C(O)C(F)(F)F.O=C1NC(N[C@@H]2CN3CCC2CC3)=N/C1=C\c1c[nH]c2ncccc12. The quantitative estimate of drug-likeness (QED) is 0.482. The molecule has 4 aliphatic rings. The van der Waals surface area contributed by atoms with Gasteiger partial charge in [0.05, 0.1) is 0 Å². The molecule has 1 amide bonds. The minimum Gasteiger partial charge on any atom is -0.475 e.